The average molecular weight is 141 g/mol. The Bertz CT molecular complexity index is 129. The van der Waals surface area contributed by atoms with Gasteiger partial charge in [0.2, 0.25) is 0 Å². The third-order valence-corrected chi connectivity index (χ3v) is 1.08. The molecule has 10 heavy (non-hydrogen) atoms. The smallest absolute Gasteiger partial charge is 0.0781 e. The predicted molar refractivity (Wildman–Crippen MR) is 44.1 cm³/mol. The highest BCUT2D eigenvalue weighted by molar-refractivity contribution is 5.10. The van der Waals surface area contributed by atoms with Gasteiger partial charge in [-0.3, -0.25) is 5.43 Å². The van der Waals surface area contributed by atoms with Crippen molar-refractivity contribution in [2.75, 3.05) is 7.05 Å². The Balaban J connectivity index is 3.85. The van der Waals surface area contributed by atoms with Crippen LogP contribution in [0.4, 0.5) is 0 Å². The number of hydrogen-bond donors (Lipinski definition) is 3. The molecule has 0 rings (SSSR count). The monoisotopic (exact) mass is 141 g/mol. The van der Waals surface area contributed by atoms with Crippen molar-refractivity contribution in [3.63, 3.8) is 0 Å². The number of rotatable bonds is 4. The molecule has 0 bridgehead atoms. The third kappa shape index (κ3) is 3.27. The molecular formula is C7H15N3. The summed E-state index contributed by atoms with van der Waals surface area (Å²) < 4.78 is 0. The molecule has 0 radical (unpaired) electrons. The minimum Gasteiger partial charge on any atom is -0.401 e. The van der Waals surface area contributed by atoms with Gasteiger partial charge < -0.3 is 5.73 Å². The zero-order valence-corrected chi connectivity index (χ0v) is 6.52. The lowest BCUT2D eigenvalue weighted by Crippen LogP contribution is -2.39. The Morgan fingerprint density at radius 2 is 2.30 bits per heavy atom. The number of hydrogen-bond acceptors (Lipinski definition) is 3. The van der Waals surface area contributed by atoms with Crippen molar-refractivity contribution in [2.45, 2.75) is 13.0 Å². The third-order valence-electron chi connectivity index (χ3n) is 1.08. The molecule has 0 aromatic carbocycles. The molecule has 0 spiro atoms. The lowest BCUT2D eigenvalue weighted by molar-refractivity contribution is 0.564. The fraction of sp³-hybridized carbons (Fsp3) is 0.429. The Kier molecular flexibility index (Phi) is 4.62. The molecule has 0 aliphatic heterocycles. The maximum absolute atomic E-state index is 5.46. The van der Waals surface area contributed by atoms with E-state index in [1.807, 2.05) is 19.1 Å². The van der Waals surface area contributed by atoms with Gasteiger partial charge in [0.05, 0.1) is 6.04 Å². The van der Waals surface area contributed by atoms with Gasteiger partial charge in [-0.05, 0) is 14.0 Å². The van der Waals surface area contributed by atoms with Gasteiger partial charge in [0.15, 0.2) is 0 Å². The Hall–Kier alpha value is -0.800. The Morgan fingerprint density at radius 1 is 1.70 bits per heavy atom. The van der Waals surface area contributed by atoms with Crippen molar-refractivity contribution in [1.82, 2.24) is 10.9 Å². The van der Waals surface area contributed by atoms with E-state index in [1.165, 1.54) is 0 Å². The van der Waals surface area contributed by atoms with Crippen molar-refractivity contribution >= 4 is 0 Å². The number of allylic oxidation sites excluding steroid dienone is 1. The molecule has 1 atom stereocenters. The quantitative estimate of drug-likeness (QED) is 0.385. The second kappa shape index (κ2) is 5.02. The topological polar surface area (TPSA) is 50.1 Å². The highest BCUT2D eigenvalue weighted by atomic mass is 15.4. The van der Waals surface area contributed by atoms with E-state index in [0.29, 0.717) is 5.70 Å². The molecule has 3 nitrogen and oxygen atoms in total. The van der Waals surface area contributed by atoms with Crippen molar-refractivity contribution in [1.29, 1.82) is 0 Å². The van der Waals surface area contributed by atoms with E-state index < -0.39 is 0 Å². The predicted octanol–water partition coefficient (Wildman–Crippen LogP) is 0.127. The van der Waals surface area contributed by atoms with Gasteiger partial charge in [0.1, 0.15) is 0 Å². The molecule has 58 valence electrons. The molecule has 0 aromatic rings. The molecule has 0 saturated carbocycles. The van der Waals surface area contributed by atoms with E-state index in [0.717, 1.165) is 0 Å². The van der Waals surface area contributed by atoms with Gasteiger partial charge >= 0.3 is 0 Å². The summed E-state index contributed by atoms with van der Waals surface area (Å²) in [5.41, 5.74) is 11.8. The zero-order valence-electron chi connectivity index (χ0n) is 6.52. The molecule has 4 N–H and O–H groups in total. The van der Waals surface area contributed by atoms with Gasteiger partial charge in [-0.2, -0.15) is 0 Å². The van der Waals surface area contributed by atoms with Crippen LogP contribution < -0.4 is 16.6 Å². The minimum atomic E-state index is 0.0231. The summed E-state index contributed by atoms with van der Waals surface area (Å²) in [5.74, 6) is 0. The molecule has 0 fully saturated rings. The minimum absolute atomic E-state index is 0.0231. The van der Waals surface area contributed by atoms with Gasteiger partial charge in [-0.25, -0.2) is 5.43 Å². The lowest BCUT2D eigenvalue weighted by atomic mass is 10.2. The summed E-state index contributed by atoms with van der Waals surface area (Å²) in [6.07, 6.45) is 3.85. The van der Waals surface area contributed by atoms with Crippen LogP contribution in [0.3, 0.4) is 0 Å². The average Bonchev–Trinajstić information content (AvgIpc) is 1.87. The molecule has 0 saturated heterocycles. The molecule has 3 heteroatoms. The molecule has 0 aliphatic carbocycles. The summed E-state index contributed by atoms with van der Waals surface area (Å²) in [5, 5.41) is 0. The number of nitrogens with one attached hydrogen (secondary N) is 2. The highest BCUT2D eigenvalue weighted by Crippen LogP contribution is 1.91. The molecular weight excluding hydrogens is 126 g/mol. The maximum Gasteiger partial charge on any atom is 0.0781 e. The van der Waals surface area contributed by atoms with Crippen molar-refractivity contribution in [2.24, 2.45) is 5.73 Å². The van der Waals surface area contributed by atoms with E-state index in [2.05, 4.69) is 17.4 Å². The normalized spacial score (nSPS) is 13.8. The maximum atomic E-state index is 5.46. The van der Waals surface area contributed by atoms with Crippen LogP contribution in [-0.2, 0) is 0 Å². The number of nitrogens with two attached hydrogens (primary N) is 1. The summed E-state index contributed by atoms with van der Waals surface area (Å²) >= 11 is 0. The van der Waals surface area contributed by atoms with Crippen molar-refractivity contribution in [3.05, 3.63) is 24.4 Å². The fourth-order valence-corrected chi connectivity index (χ4v) is 0.612. The molecule has 0 amide bonds. The van der Waals surface area contributed by atoms with E-state index in [-0.39, 0.29) is 6.04 Å². The van der Waals surface area contributed by atoms with Crippen LogP contribution in [0.1, 0.15) is 6.92 Å². The first-order valence-corrected chi connectivity index (χ1v) is 3.21. The lowest BCUT2D eigenvalue weighted by Gasteiger charge is -2.12. The van der Waals surface area contributed by atoms with E-state index in [9.17, 15) is 0 Å². The molecule has 0 aromatic heterocycles. The van der Waals surface area contributed by atoms with E-state index in [4.69, 9.17) is 5.73 Å². The highest BCUT2D eigenvalue weighted by Gasteiger charge is 2.01. The molecule has 0 heterocycles. The first kappa shape index (κ1) is 9.20. The number of hydrazine groups is 1. The second-order valence-electron chi connectivity index (χ2n) is 1.97. The largest absolute Gasteiger partial charge is 0.401 e. The van der Waals surface area contributed by atoms with E-state index in [1.54, 1.807) is 7.05 Å². The molecule has 1 unspecified atom stereocenters. The molecule has 0 aliphatic rings. The Morgan fingerprint density at radius 3 is 2.60 bits per heavy atom. The van der Waals surface area contributed by atoms with Gasteiger partial charge in [0.25, 0.3) is 0 Å². The SMILES string of the molecule is C=C(N)C(/C=C/C)NNC. The second-order valence-corrected chi connectivity index (χ2v) is 1.97. The first-order chi connectivity index (χ1) is 4.72. The summed E-state index contributed by atoms with van der Waals surface area (Å²) in [6, 6.07) is 0.0231. The van der Waals surface area contributed by atoms with Gasteiger partial charge in [0, 0.05) is 5.70 Å². The van der Waals surface area contributed by atoms with Crippen LogP contribution in [0.5, 0.6) is 0 Å². The van der Waals surface area contributed by atoms with Crippen LogP contribution >= 0.6 is 0 Å². The standard InChI is InChI=1S/C7H15N3/c1-4-5-7(6(2)8)10-9-3/h4-5,7,9-10H,2,8H2,1,3H3/b5-4+. The van der Waals surface area contributed by atoms with Gasteiger partial charge in [-0.1, -0.05) is 18.7 Å². The van der Waals surface area contributed by atoms with Crippen molar-refractivity contribution < 1.29 is 0 Å². The Labute approximate surface area is 62.0 Å². The van der Waals surface area contributed by atoms with Crippen LogP contribution in [0.2, 0.25) is 0 Å². The van der Waals surface area contributed by atoms with Crippen LogP contribution in [-0.4, -0.2) is 13.1 Å². The summed E-state index contributed by atoms with van der Waals surface area (Å²) in [4.78, 5) is 0. The first-order valence-electron chi connectivity index (χ1n) is 3.21. The van der Waals surface area contributed by atoms with Crippen LogP contribution in [0.25, 0.3) is 0 Å². The zero-order chi connectivity index (χ0) is 7.98. The summed E-state index contributed by atoms with van der Waals surface area (Å²) in [6.45, 7) is 5.55. The van der Waals surface area contributed by atoms with Crippen LogP contribution in [0.15, 0.2) is 24.4 Å². The van der Waals surface area contributed by atoms with Crippen molar-refractivity contribution in [3.8, 4) is 0 Å². The van der Waals surface area contributed by atoms with Crippen LogP contribution in [0, 0.1) is 0 Å². The van der Waals surface area contributed by atoms with Gasteiger partial charge in [-0.15, -0.1) is 0 Å². The van der Waals surface area contributed by atoms with E-state index >= 15 is 0 Å². The summed E-state index contributed by atoms with van der Waals surface area (Å²) in [7, 11) is 1.79. The fourth-order valence-electron chi connectivity index (χ4n) is 0.612.